The van der Waals surface area contributed by atoms with Crippen molar-refractivity contribution < 1.29 is 9.15 Å². The fraction of sp³-hybridized carbons (Fsp3) is 0.154. The smallest absolute Gasteiger partial charge is 0.138 e. The first-order chi connectivity index (χ1) is 15.7. The van der Waals surface area contributed by atoms with Crippen LogP contribution >= 0.6 is 0 Å². The Hall–Kier alpha value is -3.90. The monoisotopic (exact) mass is 424 g/mol. The Bertz CT molecular complexity index is 1330. The van der Waals surface area contributed by atoms with Crippen LogP contribution in [0.2, 0.25) is 0 Å². The quantitative estimate of drug-likeness (QED) is 0.377. The van der Waals surface area contributed by atoms with Crippen molar-refractivity contribution in [2.75, 3.05) is 6.61 Å². The average Bonchev–Trinajstić information content (AvgIpc) is 3.48. The summed E-state index contributed by atoms with van der Waals surface area (Å²) in [5.74, 6) is 0.680. The number of hydrogen-bond acceptors (Lipinski definition) is 5. The molecule has 0 saturated heterocycles. The maximum Gasteiger partial charge on any atom is 0.138 e. The molecule has 3 heterocycles. The molecule has 0 aliphatic heterocycles. The molecule has 6 heteroatoms. The number of aryl methyl sites for hydroxylation is 1. The number of nitrogens with two attached hydrogens (primary N) is 1. The molecule has 3 aromatic heterocycles. The van der Waals surface area contributed by atoms with Gasteiger partial charge in [0.15, 0.2) is 0 Å². The number of rotatable bonds is 7. The number of ether oxygens (including phenoxy) is 1. The van der Waals surface area contributed by atoms with Crippen LogP contribution in [0.15, 0.2) is 83.8 Å². The summed E-state index contributed by atoms with van der Waals surface area (Å²) in [6, 6.07) is 20.2. The highest BCUT2D eigenvalue weighted by atomic mass is 16.5. The van der Waals surface area contributed by atoms with Gasteiger partial charge >= 0.3 is 0 Å². The predicted molar refractivity (Wildman–Crippen MR) is 125 cm³/mol. The number of nitrogens with one attached hydrogen (secondary N) is 1. The number of furan rings is 1. The van der Waals surface area contributed by atoms with Crippen LogP contribution in [0, 0.1) is 6.92 Å². The van der Waals surface area contributed by atoms with Gasteiger partial charge in [-0.25, -0.2) is 0 Å². The molecule has 0 unspecified atom stereocenters. The normalized spacial score (nSPS) is 12.2. The van der Waals surface area contributed by atoms with Gasteiger partial charge in [-0.05, 0) is 48.7 Å². The summed E-state index contributed by atoms with van der Waals surface area (Å²) in [6.45, 7) is 2.42. The van der Waals surface area contributed by atoms with Crippen molar-refractivity contribution in [3.8, 4) is 28.1 Å². The first-order valence-electron chi connectivity index (χ1n) is 10.6. The number of hydrogen-bond donors (Lipinski definition) is 2. The van der Waals surface area contributed by atoms with Crippen LogP contribution < -0.4 is 10.5 Å². The molecule has 1 atom stereocenters. The van der Waals surface area contributed by atoms with Crippen molar-refractivity contribution in [3.63, 3.8) is 0 Å². The van der Waals surface area contributed by atoms with E-state index in [0.717, 1.165) is 45.4 Å². The Morgan fingerprint density at radius 1 is 1.06 bits per heavy atom. The third-order valence-corrected chi connectivity index (χ3v) is 5.52. The summed E-state index contributed by atoms with van der Waals surface area (Å²) in [5.41, 5.74) is 13.2. The number of H-pyrrole nitrogens is 1. The van der Waals surface area contributed by atoms with E-state index < -0.39 is 0 Å². The van der Waals surface area contributed by atoms with Gasteiger partial charge in [-0.2, -0.15) is 5.10 Å². The standard InChI is InChI=1S/C26H24N4O2/c1-17-23-12-19(7-8-25(23)30-29-17)24-13-22(14-28-26(24)20-9-10-31-15-20)32-16-21(27)11-18-5-3-2-4-6-18/h2-10,12-15,21H,11,16,27H2,1H3,(H,29,30)/t21-/m0/s1. The van der Waals surface area contributed by atoms with Crippen LogP contribution in [0.1, 0.15) is 11.3 Å². The van der Waals surface area contributed by atoms with E-state index in [2.05, 4.69) is 28.4 Å². The molecular weight excluding hydrogens is 400 g/mol. The van der Waals surface area contributed by atoms with Gasteiger partial charge in [0, 0.05) is 28.2 Å². The summed E-state index contributed by atoms with van der Waals surface area (Å²) < 4.78 is 11.3. The molecule has 3 N–H and O–H groups in total. The minimum atomic E-state index is -0.112. The number of fused-ring (bicyclic) bond motifs is 1. The molecule has 0 aliphatic carbocycles. The van der Waals surface area contributed by atoms with Gasteiger partial charge < -0.3 is 14.9 Å². The van der Waals surface area contributed by atoms with E-state index in [0.29, 0.717) is 12.4 Å². The van der Waals surface area contributed by atoms with Crippen LogP contribution in [0.25, 0.3) is 33.3 Å². The van der Waals surface area contributed by atoms with Gasteiger partial charge in [-0.1, -0.05) is 36.4 Å². The zero-order chi connectivity index (χ0) is 21.9. The Morgan fingerprint density at radius 3 is 2.75 bits per heavy atom. The maximum atomic E-state index is 6.31. The van der Waals surface area contributed by atoms with Gasteiger partial charge in [-0.3, -0.25) is 10.1 Å². The van der Waals surface area contributed by atoms with Gasteiger partial charge in [0.05, 0.1) is 29.9 Å². The van der Waals surface area contributed by atoms with E-state index in [-0.39, 0.29) is 6.04 Å². The summed E-state index contributed by atoms with van der Waals surface area (Å²) in [4.78, 5) is 4.70. The lowest BCUT2D eigenvalue weighted by Crippen LogP contribution is -2.30. The van der Waals surface area contributed by atoms with Gasteiger partial charge in [0.2, 0.25) is 0 Å². The minimum absolute atomic E-state index is 0.112. The van der Waals surface area contributed by atoms with E-state index in [1.165, 1.54) is 5.56 Å². The van der Waals surface area contributed by atoms with Crippen molar-refractivity contribution in [3.05, 3.63) is 90.6 Å². The minimum Gasteiger partial charge on any atom is -0.490 e. The van der Waals surface area contributed by atoms with E-state index in [1.54, 1.807) is 18.7 Å². The number of nitrogens with zero attached hydrogens (tertiary/aromatic N) is 2. The topological polar surface area (TPSA) is 90.0 Å². The van der Waals surface area contributed by atoms with Crippen LogP contribution in [0.3, 0.4) is 0 Å². The molecule has 0 aliphatic rings. The molecule has 0 amide bonds. The van der Waals surface area contributed by atoms with Crippen LogP contribution in [-0.2, 0) is 6.42 Å². The van der Waals surface area contributed by atoms with Gasteiger partial charge in [-0.15, -0.1) is 0 Å². The summed E-state index contributed by atoms with van der Waals surface area (Å²) in [7, 11) is 0. The lowest BCUT2D eigenvalue weighted by atomic mass is 9.99. The summed E-state index contributed by atoms with van der Waals surface area (Å²) in [5, 5.41) is 8.45. The second-order valence-electron chi connectivity index (χ2n) is 7.92. The molecular formula is C26H24N4O2. The molecule has 0 bridgehead atoms. The zero-order valence-electron chi connectivity index (χ0n) is 17.8. The van der Waals surface area contributed by atoms with Gasteiger partial charge in [0.1, 0.15) is 12.4 Å². The van der Waals surface area contributed by atoms with E-state index >= 15 is 0 Å². The third kappa shape index (κ3) is 4.13. The van der Waals surface area contributed by atoms with E-state index in [4.69, 9.17) is 19.9 Å². The third-order valence-electron chi connectivity index (χ3n) is 5.52. The first-order valence-corrected chi connectivity index (χ1v) is 10.6. The van der Waals surface area contributed by atoms with Gasteiger partial charge in [0.25, 0.3) is 0 Å². The molecule has 0 spiro atoms. The second-order valence-corrected chi connectivity index (χ2v) is 7.92. The molecule has 0 radical (unpaired) electrons. The lowest BCUT2D eigenvalue weighted by Gasteiger charge is -2.15. The molecule has 32 heavy (non-hydrogen) atoms. The van der Waals surface area contributed by atoms with Crippen LogP contribution in [0.5, 0.6) is 5.75 Å². The second kappa shape index (κ2) is 8.69. The predicted octanol–water partition coefficient (Wildman–Crippen LogP) is 5.14. The molecule has 0 fully saturated rings. The molecule has 160 valence electrons. The average molecular weight is 425 g/mol. The summed E-state index contributed by atoms with van der Waals surface area (Å²) >= 11 is 0. The largest absolute Gasteiger partial charge is 0.490 e. The fourth-order valence-electron chi connectivity index (χ4n) is 3.86. The number of aromatic amines is 1. The Labute approximate surface area is 186 Å². The van der Waals surface area contributed by atoms with E-state index in [9.17, 15) is 0 Å². The maximum absolute atomic E-state index is 6.31. The Balaban J connectivity index is 1.44. The zero-order valence-corrected chi connectivity index (χ0v) is 17.8. The molecule has 5 aromatic rings. The van der Waals surface area contributed by atoms with E-state index in [1.807, 2.05) is 49.4 Å². The van der Waals surface area contributed by atoms with Crippen molar-refractivity contribution in [1.82, 2.24) is 15.2 Å². The fourth-order valence-corrected chi connectivity index (χ4v) is 3.86. The molecule has 5 rings (SSSR count). The SMILES string of the molecule is Cc1[nH]nc2ccc(-c3cc(OC[C@@H](N)Cc4ccccc4)cnc3-c3ccoc3)cc12. The van der Waals surface area contributed by atoms with Crippen molar-refractivity contribution in [2.45, 2.75) is 19.4 Å². The number of benzene rings is 2. The molecule has 0 saturated carbocycles. The Morgan fingerprint density at radius 2 is 1.94 bits per heavy atom. The number of pyridine rings is 1. The Kier molecular flexibility index (Phi) is 5.44. The van der Waals surface area contributed by atoms with Crippen molar-refractivity contribution in [2.24, 2.45) is 5.73 Å². The van der Waals surface area contributed by atoms with Crippen molar-refractivity contribution >= 4 is 10.9 Å². The molecule has 2 aromatic carbocycles. The highest BCUT2D eigenvalue weighted by Crippen LogP contribution is 2.35. The molecule has 6 nitrogen and oxygen atoms in total. The lowest BCUT2D eigenvalue weighted by molar-refractivity contribution is 0.287. The first kappa shape index (κ1) is 20.0. The summed E-state index contributed by atoms with van der Waals surface area (Å²) in [6.07, 6.45) is 5.84. The number of aromatic nitrogens is 3. The highest BCUT2D eigenvalue weighted by Gasteiger charge is 2.14. The van der Waals surface area contributed by atoms with Crippen LogP contribution in [-0.4, -0.2) is 27.8 Å². The van der Waals surface area contributed by atoms with Crippen molar-refractivity contribution in [1.29, 1.82) is 0 Å². The highest BCUT2D eigenvalue weighted by molar-refractivity contribution is 5.90. The van der Waals surface area contributed by atoms with Crippen LogP contribution in [0.4, 0.5) is 0 Å².